The molecule has 0 heterocycles. The van der Waals surface area contributed by atoms with Crippen LogP contribution in [0, 0.1) is 45.0 Å². The van der Waals surface area contributed by atoms with Crippen molar-refractivity contribution in [1.29, 1.82) is 5.26 Å². The number of rotatable bonds is 6. The molecule has 35 heavy (non-hydrogen) atoms. The fourth-order valence-electron chi connectivity index (χ4n) is 6.44. The van der Waals surface area contributed by atoms with Crippen molar-refractivity contribution in [3.8, 4) is 17.5 Å². The van der Waals surface area contributed by atoms with Gasteiger partial charge in [-0.15, -0.1) is 5.54 Å². The smallest absolute Gasteiger partial charge is 0.196 e. The van der Waals surface area contributed by atoms with E-state index in [0.29, 0.717) is 12.7 Å². The van der Waals surface area contributed by atoms with Gasteiger partial charge < -0.3 is 9.47 Å². The highest BCUT2D eigenvalue weighted by Gasteiger charge is 2.60. The summed E-state index contributed by atoms with van der Waals surface area (Å²) in [4.78, 5) is 12.9. The zero-order chi connectivity index (χ0) is 26.3. The summed E-state index contributed by atoms with van der Waals surface area (Å²) in [6.45, 7) is 21.9. The van der Waals surface area contributed by atoms with Gasteiger partial charge in [-0.05, 0) is 66.2 Å². The van der Waals surface area contributed by atoms with Crippen LogP contribution in [0.2, 0.25) is 45.3 Å². The molecule has 4 atom stereocenters. The maximum absolute atomic E-state index is 12.9. The summed E-state index contributed by atoms with van der Waals surface area (Å²) < 4.78 is 12.2. The summed E-state index contributed by atoms with van der Waals surface area (Å²) in [5, 5.41) is 9.64. The molecule has 0 saturated heterocycles. The van der Waals surface area contributed by atoms with Crippen LogP contribution < -0.4 is 0 Å². The van der Waals surface area contributed by atoms with Gasteiger partial charge in [-0.25, -0.2) is 0 Å². The number of hydrogen-bond acceptors (Lipinski definition) is 4. The van der Waals surface area contributed by atoms with Crippen molar-refractivity contribution >= 4 is 21.9 Å². The molecule has 0 aliphatic heterocycles. The molecule has 0 unspecified atom stereocenters. The van der Waals surface area contributed by atoms with Crippen LogP contribution in [0.3, 0.4) is 0 Å². The largest absolute Gasteiger partial charge is 0.356 e. The van der Waals surface area contributed by atoms with Gasteiger partial charge in [0.05, 0.1) is 17.1 Å². The first-order valence-corrected chi connectivity index (χ1v) is 20.4. The molecule has 0 N–H and O–H groups in total. The summed E-state index contributed by atoms with van der Waals surface area (Å²) in [6.07, 6.45) is 7.53. The molecule has 6 heteroatoms. The normalized spacial score (nSPS) is 32.3. The predicted molar refractivity (Wildman–Crippen MR) is 148 cm³/mol. The van der Waals surface area contributed by atoms with Crippen molar-refractivity contribution in [3.63, 3.8) is 0 Å². The van der Waals surface area contributed by atoms with Crippen molar-refractivity contribution in [2.24, 2.45) is 22.2 Å². The van der Waals surface area contributed by atoms with Gasteiger partial charge in [0.25, 0.3) is 0 Å². The molecular formula is C29H45NO3Si2. The quantitative estimate of drug-likeness (QED) is 0.171. The Morgan fingerprint density at radius 1 is 1.09 bits per heavy atom. The second-order valence-electron chi connectivity index (χ2n) is 13.9. The molecule has 3 rings (SSSR count). The highest BCUT2D eigenvalue weighted by Crippen LogP contribution is 2.65. The molecule has 3 aliphatic rings. The fraction of sp³-hybridized carbons (Fsp3) is 0.724. The molecule has 4 nitrogen and oxygen atoms in total. The molecule has 0 spiro atoms. The number of ether oxygens (including phenoxy) is 2. The Labute approximate surface area is 215 Å². The van der Waals surface area contributed by atoms with E-state index in [9.17, 15) is 10.1 Å². The van der Waals surface area contributed by atoms with E-state index in [0.717, 1.165) is 43.9 Å². The summed E-state index contributed by atoms with van der Waals surface area (Å²) in [6, 6.07) is 3.28. The van der Waals surface area contributed by atoms with Gasteiger partial charge in [0, 0.05) is 14.7 Å². The van der Waals surface area contributed by atoms with E-state index in [-0.39, 0.29) is 28.3 Å². The number of carbonyl (C=O) groups excluding carboxylic acids is 1. The Kier molecular flexibility index (Phi) is 7.86. The number of allylic oxidation sites excluding steroid dienone is 4. The third-order valence-electron chi connectivity index (χ3n) is 8.41. The van der Waals surface area contributed by atoms with E-state index in [1.54, 1.807) is 6.08 Å². The first kappa shape index (κ1) is 28.1. The van der Waals surface area contributed by atoms with Crippen LogP contribution in [-0.4, -0.2) is 41.4 Å². The van der Waals surface area contributed by atoms with Gasteiger partial charge in [-0.1, -0.05) is 66.0 Å². The van der Waals surface area contributed by atoms with Gasteiger partial charge in [0.15, 0.2) is 5.78 Å². The van der Waals surface area contributed by atoms with Gasteiger partial charge >= 0.3 is 0 Å². The fourth-order valence-corrected chi connectivity index (χ4v) is 7.79. The number of nitriles is 1. The highest BCUT2D eigenvalue weighted by molar-refractivity contribution is 6.83. The number of fused-ring (bicyclic) bond motifs is 3. The van der Waals surface area contributed by atoms with Crippen molar-refractivity contribution in [1.82, 2.24) is 0 Å². The van der Waals surface area contributed by atoms with Crippen LogP contribution in [-0.2, 0) is 14.3 Å². The zero-order valence-electron chi connectivity index (χ0n) is 23.4. The minimum Gasteiger partial charge on any atom is -0.356 e. The Morgan fingerprint density at radius 3 is 2.37 bits per heavy atom. The molecular weight excluding hydrogens is 466 g/mol. The first-order valence-electron chi connectivity index (χ1n) is 13.2. The summed E-state index contributed by atoms with van der Waals surface area (Å²) >= 11 is 0. The maximum Gasteiger partial charge on any atom is 0.196 e. The predicted octanol–water partition coefficient (Wildman–Crippen LogP) is 6.75. The Morgan fingerprint density at radius 2 is 1.77 bits per heavy atom. The van der Waals surface area contributed by atoms with Crippen molar-refractivity contribution in [2.75, 3.05) is 13.4 Å². The standard InChI is InChI=1S/C29H45NO3Si2/c1-27(2)24-10-13-29(14-16-34(4,5)6)19-22(20-30)23(31)18-25(29)28(24,3)12-11-26(27)33-21-32-15-17-35(7,8)9/h18-19,24,26H,10-13,15,17,21H2,1-9H3/t24-,26-,28-,29+/m0/s1. The number of carbonyl (C=O) groups is 1. The van der Waals surface area contributed by atoms with Gasteiger partial charge in [-0.2, -0.15) is 5.26 Å². The molecule has 0 aromatic carbocycles. The second kappa shape index (κ2) is 9.78. The molecule has 192 valence electrons. The number of nitrogens with zero attached hydrogens (tertiary/aromatic N) is 1. The van der Waals surface area contributed by atoms with Crippen LogP contribution in [0.25, 0.3) is 0 Å². The molecule has 0 bridgehead atoms. The van der Waals surface area contributed by atoms with E-state index in [1.165, 1.54) is 0 Å². The monoisotopic (exact) mass is 511 g/mol. The van der Waals surface area contributed by atoms with Gasteiger partial charge in [-0.3, -0.25) is 4.79 Å². The SMILES string of the molecule is CC1(C)[C@@H](OCOCC[Si](C)(C)C)CC[C@]2(C)C3=CC(=O)C(C#N)=C[C@]3(C#C[Si](C)(C)C)CC[C@@H]12. The molecule has 2 saturated carbocycles. The second-order valence-corrected chi connectivity index (χ2v) is 24.3. The molecule has 0 radical (unpaired) electrons. The van der Waals surface area contributed by atoms with Crippen LogP contribution in [0.5, 0.6) is 0 Å². The lowest BCUT2D eigenvalue weighted by Crippen LogP contribution is -2.56. The van der Waals surface area contributed by atoms with Crippen molar-refractivity contribution < 1.29 is 14.3 Å². The summed E-state index contributed by atoms with van der Waals surface area (Å²) in [7, 11) is -2.74. The van der Waals surface area contributed by atoms with E-state index in [1.807, 2.05) is 6.08 Å². The first-order chi connectivity index (χ1) is 16.0. The molecule has 0 aromatic rings. The Hall–Kier alpha value is -1.45. The van der Waals surface area contributed by atoms with Crippen LogP contribution >= 0.6 is 0 Å². The molecule has 2 fully saturated rings. The molecule has 0 aromatic heterocycles. The zero-order valence-corrected chi connectivity index (χ0v) is 25.4. The van der Waals surface area contributed by atoms with Gasteiger partial charge in [0.2, 0.25) is 0 Å². The topological polar surface area (TPSA) is 59.3 Å². The average Bonchev–Trinajstić information content (AvgIpc) is 2.72. The van der Waals surface area contributed by atoms with Crippen molar-refractivity contribution in [2.45, 2.75) is 97.9 Å². The highest BCUT2D eigenvalue weighted by atomic mass is 28.3. The lowest BCUT2D eigenvalue weighted by molar-refractivity contribution is -0.174. The third-order valence-corrected chi connectivity index (χ3v) is 11.0. The van der Waals surface area contributed by atoms with Crippen molar-refractivity contribution in [3.05, 3.63) is 23.3 Å². The Balaban J connectivity index is 1.87. The minimum absolute atomic E-state index is 0.0589. The minimum atomic E-state index is -1.63. The Bertz CT molecular complexity index is 1010. The lowest BCUT2D eigenvalue weighted by Gasteiger charge is -2.61. The maximum atomic E-state index is 12.9. The number of hydrogen-bond donors (Lipinski definition) is 0. The van der Waals surface area contributed by atoms with E-state index >= 15 is 0 Å². The summed E-state index contributed by atoms with van der Waals surface area (Å²) in [5.41, 5.74) is 4.24. The number of ketones is 1. The molecule has 0 amide bonds. The lowest BCUT2D eigenvalue weighted by atomic mass is 9.44. The van der Waals surface area contributed by atoms with Crippen LogP contribution in [0.15, 0.2) is 23.3 Å². The van der Waals surface area contributed by atoms with E-state index in [2.05, 4.69) is 77.6 Å². The third kappa shape index (κ3) is 5.94. The van der Waals surface area contributed by atoms with Crippen LogP contribution in [0.1, 0.15) is 46.5 Å². The average molecular weight is 512 g/mol. The molecule has 3 aliphatic carbocycles. The van der Waals surface area contributed by atoms with Crippen LogP contribution in [0.4, 0.5) is 0 Å². The summed E-state index contributed by atoms with van der Waals surface area (Å²) in [5.74, 6) is 3.84. The van der Waals surface area contributed by atoms with E-state index < -0.39 is 21.6 Å². The van der Waals surface area contributed by atoms with E-state index in [4.69, 9.17) is 9.47 Å². The van der Waals surface area contributed by atoms with Gasteiger partial charge in [0.1, 0.15) is 20.9 Å².